The number of allylic oxidation sites excluding steroid dienone is 3. The van der Waals surface area contributed by atoms with Gasteiger partial charge in [0.1, 0.15) is 11.9 Å². The van der Waals surface area contributed by atoms with E-state index in [1.807, 2.05) is 23.1 Å². The molecule has 1 aromatic carbocycles. The van der Waals surface area contributed by atoms with Gasteiger partial charge in [0, 0.05) is 28.5 Å². The zero-order valence-electron chi connectivity index (χ0n) is 17.0. The Morgan fingerprint density at radius 1 is 1.24 bits per heavy atom. The average Bonchev–Trinajstić information content (AvgIpc) is 2.91. The van der Waals surface area contributed by atoms with Crippen LogP contribution in [0.1, 0.15) is 55.5 Å². The summed E-state index contributed by atoms with van der Waals surface area (Å²) in [5, 5.41) is 8.97. The fraction of sp³-hybridized carbons (Fsp3) is 0.478. The molecule has 0 saturated heterocycles. The number of hydrogen-bond donors (Lipinski definition) is 2. The van der Waals surface area contributed by atoms with Crippen LogP contribution in [0, 0.1) is 10.8 Å². The first-order valence-electron chi connectivity index (χ1n) is 10.2. The van der Waals surface area contributed by atoms with Crippen LogP contribution in [0.5, 0.6) is 5.75 Å². The molecule has 29 heavy (non-hydrogen) atoms. The van der Waals surface area contributed by atoms with Crippen molar-refractivity contribution >= 4 is 11.8 Å². The van der Waals surface area contributed by atoms with Crippen molar-refractivity contribution in [2.24, 2.45) is 10.8 Å². The molecule has 1 aliphatic heterocycles. The fourth-order valence-corrected chi connectivity index (χ4v) is 4.44. The van der Waals surface area contributed by atoms with Gasteiger partial charge in [-0.3, -0.25) is 14.8 Å². The molecular formula is C23H28N2O4. The number of carbonyl (C=O) groups excluding carboxylic acids is 2. The molecule has 2 atom stereocenters. The van der Waals surface area contributed by atoms with E-state index in [4.69, 9.17) is 9.94 Å². The summed E-state index contributed by atoms with van der Waals surface area (Å²) < 4.78 is 6.44. The van der Waals surface area contributed by atoms with Crippen molar-refractivity contribution in [1.82, 2.24) is 10.4 Å². The van der Waals surface area contributed by atoms with E-state index in [1.54, 1.807) is 17.6 Å². The fourth-order valence-electron chi connectivity index (χ4n) is 4.44. The van der Waals surface area contributed by atoms with Gasteiger partial charge in [-0.25, -0.2) is 5.48 Å². The normalized spacial score (nSPS) is 27.3. The van der Waals surface area contributed by atoms with Crippen LogP contribution in [0.3, 0.4) is 0 Å². The van der Waals surface area contributed by atoms with E-state index in [0.717, 1.165) is 31.2 Å². The maximum Gasteiger partial charge on any atom is 0.274 e. The predicted molar refractivity (Wildman–Crippen MR) is 108 cm³/mol. The first kappa shape index (κ1) is 19.7. The summed E-state index contributed by atoms with van der Waals surface area (Å²) in [6, 6.07) is 5.11. The van der Waals surface area contributed by atoms with Crippen LogP contribution in [0.2, 0.25) is 0 Å². The molecule has 0 radical (unpaired) electrons. The molecule has 1 heterocycles. The molecule has 4 rings (SSSR count). The van der Waals surface area contributed by atoms with Crippen LogP contribution < -0.4 is 10.2 Å². The first-order chi connectivity index (χ1) is 13.8. The van der Waals surface area contributed by atoms with Crippen LogP contribution in [0.15, 0.2) is 42.5 Å². The number of ether oxygens (including phenoxy) is 1. The summed E-state index contributed by atoms with van der Waals surface area (Å²) in [6.45, 7) is 5.15. The van der Waals surface area contributed by atoms with Crippen LogP contribution in [-0.2, 0) is 11.3 Å². The molecule has 2 amide bonds. The van der Waals surface area contributed by atoms with Crippen LogP contribution in [-0.4, -0.2) is 34.6 Å². The molecule has 6 nitrogen and oxygen atoms in total. The van der Waals surface area contributed by atoms with Gasteiger partial charge in [-0.15, -0.1) is 0 Å². The van der Waals surface area contributed by atoms with Gasteiger partial charge >= 0.3 is 0 Å². The highest BCUT2D eigenvalue weighted by atomic mass is 16.5. The Bertz CT molecular complexity index is 887. The molecule has 3 aliphatic rings. The smallest absolute Gasteiger partial charge is 0.274 e. The second-order valence-electron chi connectivity index (χ2n) is 8.97. The van der Waals surface area contributed by atoms with Gasteiger partial charge in [0.05, 0.1) is 6.54 Å². The van der Waals surface area contributed by atoms with E-state index < -0.39 is 5.91 Å². The molecule has 1 fully saturated rings. The Morgan fingerprint density at radius 2 is 2.03 bits per heavy atom. The number of benzene rings is 1. The summed E-state index contributed by atoms with van der Waals surface area (Å²) in [5.41, 5.74) is 2.32. The molecule has 154 valence electrons. The highest BCUT2D eigenvalue weighted by Gasteiger charge is 2.45. The molecule has 2 aliphatic carbocycles. The van der Waals surface area contributed by atoms with Crippen LogP contribution >= 0.6 is 0 Å². The lowest BCUT2D eigenvalue weighted by Gasteiger charge is -2.42. The van der Waals surface area contributed by atoms with Gasteiger partial charge in [0.25, 0.3) is 5.91 Å². The third-order valence-electron chi connectivity index (χ3n) is 6.73. The van der Waals surface area contributed by atoms with E-state index in [1.165, 1.54) is 0 Å². The van der Waals surface area contributed by atoms with Crippen molar-refractivity contribution in [3.05, 3.63) is 53.6 Å². The monoisotopic (exact) mass is 396 g/mol. The molecule has 0 aromatic heterocycles. The largest absolute Gasteiger partial charge is 0.487 e. The van der Waals surface area contributed by atoms with Crippen molar-refractivity contribution in [2.75, 3.05) is 6.54 Å². The van der Waals surface area contributed by atoms with Gasteiger partial charge in [-0.2, -0.15) is 0 Å². The zero-order chi connectivity index (χ0) is 20.6. The molecule has 6 heteroatoms. The standard InChI is InChI=1S/C23H28N2O4/c1-22(9-4-3-5-10-22)19-15-25(21(27)23(2)11-6-12-23)14-17-8-7-16(20(26)24-28)13-18(17)29-19/h3-5,7-9,13,19,28H,6,10-12,14-15H2,1-2H3,(H,24,26)/t19-,22?/m0/s1. The molecule has 1 aromatic rings. The molecule has 0 bridgehead atoms. The minimum Gasteiger partial charge on any atom is -0.487 e. The maximum atomic E-state index is 13.4. The Labute approximate surface area is 171 Å². The summed E-state index contributed by atoms with van der Waals surface area (Å²) in [4.78, 5) is 27.2. The third-order valence-corrected chi connectivity index (χ3v) is 6.73. The van der Waals surface area contributed by atoms with Crippen LogP contribution in [0.4, 0.5) is 0 Å². The average molecular weight is 396 g/mol. The van der Waals surface area contributed by atoms with E-state index in [-0.39, 0.29) is 22.8 Å². The SMILES string of the molecule is CC1(C(=O)N2Cc3ccc(C(=O)NO)cc3O[C@H](C3(C)C=CC=CC3)C2)CCC1. The van der Waals surface area contributed by atoms with Gasteiger partial charge in [-0.1, -0.05) is 50.6 Å². The highest BCUT2D eigenvalue weighted by molar-refractivity contribution is 5.94. The lowest BCUT2D eigenvalue weighted by atomic mass is 9.69. The first-order valence-corrected chi connectivity index (χ1v) is 10.2. The Hall–Kier alpha value is -2.60. The number of nitrogens with zero attached hydrogens (tertiary/aromatic N) is 1. The number of fused-ring (bicyclic) bond motifs is 1. The van der Waals surface area contributed by atoms with E-state index in [0.29, 0.717) is 24.4 Å². The van der Waals surface area contributed by atoms with Crippen molar-refractivity contribution in [3.8, 4) is 5.75 Å². The highest BCUT2D eigenvalue weighted by Crippen LogP contribution is 2.44. The number of rotatable bonds is 3. The van der Waals surface area contributed by atoms with E-state index in [9.17, 15) is 9.59 Å². The molecule has 1 unspecified atom stereocenters. The Morgan fingerprint density at radius 3 is 2.66 bits per heavy atom. The Balaban J connectivity index is 1.71. The van der Waals surface area contributed by atoms with Gasteiger partial charge in [0.2, 0.25) is 5.91 Å². The molecular weight excluding hydrogens is 368 g/mol. The minimum atomic E-state index is -0.584. The summed E-state index contributed by atoms with van der Waals surface area (Å²) >= 11 is 0. The second-order valence-corrected chi connectivity index (χ2v) is 8.97. The number of nitrogens with one attached hydrogen (secondary N) is 1. The molecule has 2 N–H and O–H groups in total. The zero-order valence-corrected chi connectivity index (χ0v) is 17.0. The third kappa shape index (κ3) is 3.57. The van der Waals surface area contributed by atoms with Crippen LogP contribution in [0.25, 0.3) is 0 Å². The lowest BCUT2D eigenvalue weighted by Crippen LogP contribution is -2.50. The number of amides is 2. The number of carbonyl (C=O) groups is 2. The maximum absolute atomic E-state index is 13.4. The van der Waals surface area contributed by atoms with Gasteiger partial charge in [0.15, 0.2) is 0 Å². The van der Waals surface area contributed by atoms with Crippen molar-refractivity contribution < 1.29 is 19.5 Å². The second kappa shape index (κ2) is 7.34. The van der Waals surface area contributed by atoms with Crippen molar-refractivity contribution in [3.63, 3.8) is 0 Å². The van der Waals surface area contributed by atoms with E-state index in [2.05, 4.69) is 26.0 Å². The summed E-state index contributed by atoms with van der Waals surface area (Å²) in [6.07, 6.45) is 11.8. The number of hydrogen-bond acceptors (Lipinski definition) is 4. The molecule has 0 spiro atoms. The van der Waals surface area contributed by atoms with Gasteiger partial charge < -0.3 is 9.64 Å². The van der Waals surface area contributed by atoms with Crippen molar-refractivity contribution in [1.29, 1.82) is 0 Å². The minimum absolute atomic E-state index is 0.182. The summed E-state index contributed by atoms with van der Waals surface area (Å²) in [7, 11) is 0. The van der Waals surface area contributed by atoms with Gasteiger partial charge in [-0.05, 0) is 31.4 Å². The lowest BCUT2D eigenvalue weighted by molar-refractivity contribution is -0.148. The quantitative estimate of drug-likeness (QED) is 0.604. The number of hydroxylamine groups is 1. The Kier molecular flexibility index (Phi) is 4.99. The summed E-state index contributed by atoms with van der Waals surface area (Å²) in [5.74, 6) is 0.189. The van der Waals surface area contributed by atoms with E-state index >= 15 is 0 Å². The molecule has 1 saturated carbocycles. The predicted octanol–water partition coefficient (Wildman–Crippen LogP) is 3.61. The topological polar surface area (TPSA) is 78.9 Å². The van der Waals surface area contributed by atoms with Crippen molar-refractivity contribution in [2.45, 2.75) is 52.2 Å².